The quantitative estimate of drug-likeness (QED) is 0.267. The number of aryl methyl sites for hydroxylation is 6. The second kappa shape index (κ2) is 12.8. The molecule has 0 radical (unpaired) electrons. The van der Waals surface area contributed by atoms with Gasteiger partial charge in [-0.2, -0.15) is 0 Å². The first kappa shape index (κ1) is 27.5. The molecule has 0 saturated heterocycles. The van der Waals surface area contributed by atoms with Crippen LogP contribution in [0.2, 0.25) is 0 Å². The van der Waals surface area contributed by atoms with E-state index in [0.717, 1.165) is 72.7 Å². The normalized spacial score (nSPS) is 12.3. The predicted octanol–water partition coefficient (Wildman–Crippen LogP) is 8.74. The van der Waals surface area contributed by atoms with Crippen molar-refractivity contribution in [3.05, 3.63) is 87.2 Å². The minimum absolute atomic E-state index is 0.901. The Morgan fingerprint density at radius 3 is 1.17 bits per heavy atom. The Morgan fingerprint density at radius 1 is 0.556 bits per heavy atom. The van der Waals surface area contributed by atoms with E-state index in [-0.39, 0.29) is 0 Å². The summed E-state index contributed by atoms with van der Waals surface area (Å²) in [6.45, 7) is 17.4. The van der Waals surface area contributed by atoms with Crippen LogP contribution in [0.3, 0.4) is 0 Å². The minimum Gasteiger partial charge on any atom is -0.251 e. The van der Waals surface area contributed by atoms with Crippen LogP contribution in [0.25, 0.3) is 0 Å². The maximum atomic E-state index is 5.12. The summed E-state index contributed by atoms with van der Waals surface area (Å²) in [5.74, 6) is 0. The number of rotatable bonds is 10. The molecular formula is C33H43N3. The molecule has 190 valence electrons. The number of pyridine rings is 1. The number of benzene rings is 2. The van der Waals surface area contributed by atoms with E-state index >= 15 is 0 Å². The molecule has 1 heterocycles. The van der Waals surface area contributed by atoms with E-state index in [2.05, 4.69) is 97.9 Å². The maximum Gasteiger partial charge on any atom is 0.0849 e. The molecule has 3 rings (SSSR count). The molecule has 3 nitrogen and oxygen atoms in total. The third kappa shape index (κ3) is 6.19. The monoisotopic (exact) mass is 481 g/mol. The van der Waals surface area contributed by atoms with E-state index in [0.29, 0.717) is 0 Å². The molecule has 3 heteroatoms. The standard InChI is InChI=1S/C33H43N3/c1-9-24-18-26(11-3)32(27(12-4)19-24)34-22(7)30-16-15-17-31(36-30)23(8)35-33-28(13-5)20-25(10-2)21-29(33)14-6/h15-21H,9-14H2,1-8H3/b34-22+,35-23+. The van der Waals surface area contributed by atoms with E-state index in [1.54, 1.807) is 0 Å². The van der Waals surface area contributed by atoms with Crippen LogP contribution >= 0.6 is 0 Å². The number of nitrogens with zero attached hydrogens (tertiary/aromatic N) is 3. The second-order valence-electron chi connectivity index (χ2n) is 9.45. The molecule has 0 atom stereocenters. The predicted molar refractivity (Wildman–Crippen MR) is 157 cm³/mol. The van der Waals surface area contributed by atoms with Crippen molar-refractivity contribution in [1.82, 2.24) is 4.98 Å². The molecule has 0 fully saturated rings. The zero-order chi connectivity index (χ0) is 26.2. The number of hydrogen-bond acceptors (Lipinski definition) is 3. The summed E-state index contributed by atoms with van der Waals surface area (Å²) < 4.78 is 0. The maximum absolute atomic E-state index is 5.12. The fraction of sp³-hybridized carbons (Fsp3) is 0.424. The van der Waals surface area contributed by atoms with E-state index in [1.807, 2.05) is 0 Å². The third-order valence-electron chi connectivity index (χ3n) is 7.04. The summed E-state index contributed by atoms with van der Waals surface area (Å²) >= 11 is 0. The lowest BCUT2D eigenvalue weighted by Crippen LogP contribution is -2.06. The van der Waals surface area contributed by atoms with Crippen molar-refractivity contribution >= 4 is 22.8 Å². The van der Waals surface area contributed by atoms with Gasteiger partial charge < -0.3 is 0 Å². The van der Waals surface area contributed by atoms with Gasteiger partial charge in [-0.05, 0) is 97.9 Å². The summed E-state index contributed by atoms with van der Waals surface area (Å²) in [4.78, 5) is 15.2. The SMILES string of the molecule is CCc1cc(CC)c(/N=C(\C)c2cccc(/C(C)=N/c3c(CC)cc(CC)cc3CC)n2)c(CC)c1. The van der Waals surface area contributed by atoms with Gasteiger partial charge in [0.05, 0.1) is 34.2 Å². The van der Waals surface area contributed by atoms with Gasteiger partial charge in [0, 0.05) is 0 Å². The van der Waals surface area contributed by atoms with E-state index in [1.165, 1.54) is 33.4 Å². The van der Waals surface area contributed by atoms with Crippen molar-refractivity contribution in [3.8, 4) is 0 Å². The summed E-state index contributed by atoms with van der Waals surface area (Å²) in [5, 5.41) is 0. The largest absolute Gasteiger partial charge is 0.251 e. The summed E-state index contributed by atoms with van der Waals surface area (Å²) in [5.41, 5.74) is 13.9. The fourth-order valence-corrected chi connectivity index (χ4v) is 4.73. The van der Waals surface area contributed by atoms with Crippen molar-refractivity contribution in [2.24, 2.45) is 9.98 Å². The van der Waals surface area contributed by atoms with Gasteiger partial charge in [-0.1, -0.05) is 71.9 Å². The lowest BCUT2D eigenvalue weighted by Gasteiger charge is -2.14. The molecule has 0 N–H and O–H groups in total. The molecule has 0 aliphatic carbocycles. The number of aromatic nitrogens is 1. The highest BCUT2D eigenvalue weighted by atomic mass is 14.8. The number of aliphatic imine (C=N–C) groups is 2. The van der Waals surface area contributed by atoms with Crippen molar-refractivity contribution in [3.63, 3.8) is 0 Å². The molecule has 1 aromatic heterocycles. The summed E-state index contributed by atoms with van der Waals surface area (Å²) in [6, 6.07) is 15.4. The first-order chi connectivity index (χ1) is 17.4. The van der Waals surface area contributed by atoms with Crippen LogP contribution in [0.15, 0.2) is 52.4 Å². The van der Waals surface area contributed by atoms with Crippen LogP contribution in [0, 0.1) is 0 Å². The topological polar surface area (TPSA) is 37.6 Å². The average molecular weight is 482 g/mol. The van der Waals surface area contributed by atoms with E-state index in [4.69, 9.17) is 15.0 Å². The van der Waals surface area contributed by atoms with Crippen LogP contribution in [0.4, 0.5) is 11.4 Å². The number of hydrogen-bond donors (Lipinski definition) is 0. The molecule has 3 aromatic rings. The lowest BCUT2D eigenvalue weighted by atomic mass is 9.98. The average Bonchev–Trinajstić information content (AvgIpc) is 2.92. The molecule has 0 amide bonds. The molecule has 0 aliphatic rings. The minimum atomic E-state index is 0.901. The molecule has 2 aromatic carbocycles. The van der Waals surface area contributed by atoms with Crippen molar-refractivity contribution in [2.45, 2.75) is 93.9 Å². The highest BCUT2D eigenvalue weighted by molar-refractivity contribution is 6.02. The van der Waals surface area contributed by atoms with Gasteiger partial charge in [-0.25, -0.2) is 4.98 Å². The van der Waals surface area contributed by atoms with Crippen molar-refractivity contribution in [2.75, 3.05) is 0 Å². The van der Waals surface area contributed by atoms with Crippen LogP contribution in [-0.2, 0) is 38.5 Å². The van der Waals surface area contributed by atoms with E-state index < -0.39 is 0 Å². The summed E-state index contributed by atoms with van der Waals surface area (Å²) in [6.07, 6.45) is 5.99. The summed E-state index contributed by atoms with van der Waals surface area (Å²) in [7, 11) is 0. The van der Waals surface area contributed by atoms with Gasteiger partial charge in [0.2, 0.25) is 0 Å². The Kier molecular flexibility index (Phi) is 9.75. The fourth-order valence-electron chi connectivity index (χ4n) is 4.73. The van der Waals surface area contributed by atoms with Gasteiger partial charge in [0.15, 0.2) is 0 Å². The van der Waals surface area contributed by atoms with Gasteiger partial charge in [-0.15, -0.1) is 0 Å². The third-order valence-corrected chi connectivity index (χ3v) is 7.04. The van der Waals surface area contributed by atoms with Gasteiger partial charge in [0.25, 0.3) is 0 Å². The molecule has 0 bridgehead atoms. The molecule has 0 spiro atoms. The van der Waals surface area contributed by atoms with Crippen molar-refractivity contribution < 1.29 is 0 Å². The Hall–Kier alpha value is -3.07. The smallest absolute Gasteiger partial charge is 0.0849 e. The van der Waals surface area contributed by atoms with Crippen molar-refractivity contribution in [1.29, 1.82) is 0 Å². The second-order valence-corrected chi connectivity index (χ2v) is 9.45. The zero-order valence-corrected chi connectivity index (χ0v) is 23.6. The Morgan fingerprint density at radius 2 is 0.889 bits per heavy atom. The first-order valence-electron chi connectivity index (χ1n) is 13.8. The first-order valence-corrected chi connectivity index (χ1v) is 13.8. The molecule has 0 saturated carbocycles. The van der Waals surface area contributed by atoms with Gasteiger partial charge >= 0.3 is 0 Å². The lowest BCUT2D eigenvalue weighted by molar-refractivity contribution is 1.04. The Bertz CT molecular complexity index is 1120. The highest BCUT2D eigenvalue weighted by Gasteiger charge is 2.12. The Labute approximate surface area is 218 Å². The van der Waals surface area contributed by atoms with Crippen LogP contribution in [0.1, 0.15) is 100 Å². The van der Waals surface area contributed by atoms with Crippen LogP contribution in [0.5, 0.6) is 0 Å². The molecule has 0 unspecified atom stereocenters. The Balaban J connectivity index is 2.04. The van der Waals surface area contributed by atoms with E-state index in [9.17, 15) is 0 Å². The highest BCUT2D eigenvalue weighted by Crippen LogP contribution is 2.30. The zero-order valence-electron chi connectivity index (χ0n) is 23.6. The van der Waals surface area contributed by atoms with Gasteiger partial charge in [0.1, 0.15) is 0 Å². The molecular weight excluding hydrogens is 438 g/mol. The molecule has 36 heavy (non-hydrogen) atoms. The van der Waals surface area contributed by atoms with Gasteiger partial charge in [-0.3, -0.25) is 9.98 Å². The van der Waals surface area contributed by atoms with Crippen LogP contribution in [-0.4, -0.2) is 16.4 Å². The molecule has 0 aliphatic heterocycles. The van der Waals surface area contributed by atoms with Crippen LogP contribution < -0.4 is 0 Å².